The number of carbonyl (C=O) groups is 3. The van der Waals surface area contributed by atoms with Crippen molar-refractivity contribution in [2.45, 2.75) is 43.7 Å². The molecule has 0 radical (unpaired) electrons. The number of benzene rings is 4. The van der Waals surface area contributed by atoms with Crippen molar-refractivity contribution in [3.8, 4) is 5.75 Å². The molecule has 2 unspecified atom stereocenters. The Bertz CT molecular complexity index is 1810. The van der Waals surface area contributed by atoms with Gasteiger partial charge in [-0.25, -0.2) is 0 Å². The van der Waals surface area contributed by atoms with Crippen LogP contribution in [0.3, 0.4) is 0 Å². The van der Waals surface area contributed by atoms with Gasteiger partial charge in [-0.15, -0.1) is 0 Å². The number of nitrogens with zero attached hydrogens (tertiary/aromatic N) is 1. The molecule has 0 fully saturated rings. The van der Waals surface area contributed by atoms with Gasteiger partial charge in [-0.3, -0.25) is 14.4 Å². The zero-order chi connectivity index (χ0) is 36.1. The van der Waals surface area contributed by atoms with Crippen molar-refractivity contribution < 1.29 is 45.5 Å². The van der Waals surface area contributed by atoms with Crippen LogP contribution in [0.2, 0.25) is 0 Å². The monoisotopic (exact) mass is 697 g/mol. The Balaban J connectivity index is 1.51. The number of hydrogen-bond acceptors (Lipinski definition) is 4. The number of methoxy groups -OCH3 is 1. The molecule has 3 amide bonds. The zero-order valence-electron chi connectivity index (χ0n) is 26.8. The molecule has 0 aliphatic carbocycles. The smallest absolute Gasteiger partial charge is 0.416 e. The van der Waals surface area contributed by atoms with Crippen LogP contribution in [-0.4, -0.2) is 42.8 Å². The third-order valence-electron chi connectivity index (χ3n) is 8.43. The minimum absolute atomic E-state index is 0.00505. The third-order valence-corrected chi connectivity index (χ3v) is 8.43. The molecule has 0 aromatic heterocycles. The molecule has 13 heteroatoms. The summed E-state index contributed by atoms with van der Waals surface area (Å²) < 4.78 is 89.4. The predicted octanol–water partition coefficient (Wildman–Crippen LogP) is 7.08. The van der Waals surface area contributed by atoms with Crippen molar-refractivity contribution in [3.05, 3.63) is 136 Å². The molecule has 0 saturated carbocycles. The van der Waals surface area contributed by atoms with E-state index in [0.717, 1.165) is 10.5 Å². The van der Waals surface area contributed by atoms with Crippen LogP contribution < -0.4 is 15.4 Å². The standard InChI is InChI=1S/C37H33F6N3O4/c1-50-28-11-7-10-23(18-28)14-16-44-31(47)15-17-46-33(25-19-26(36(38,39)40)21-27(20-25)37(41,42)43)32(29-12-5-6-13-30(29)35(46)49)34(48)45-22-24-8-3-2-4-9-24/h2-13,18-21,32-33H,14-17,22H2,1H3,(H,44,47)(H,45,48). The van der Waals surface area contributed by atoms with Crippen LogP contribution in [0.15, 0.2) is 97.1 Å². The first kappa shape index (κ1) is 36.0. The third kappa shape index (κ3) is 8.44. The fraction of sp³-hybridized carbons (Fsp3) is 0.270. The summed E-state index contributed by atoms with van der Waals surface area (Å²) in [5.41, 5.74) is -1.98. The first-order valence-corrected chi connectivity index (χ1v) is 15.7. The topological polar surface area (TPSA) is 87.7 Å². The van der Waals surface area contributed by atoms with Crippen molar-refractivity contribution in [2.24, 2.45) is 0 Å². The fourth-order valence-corrected chi connectivity index (χ4v) is 6.02. The van der Waals surface area contributed by atoms with Crippen molar-refractivity contribution in [3.63, 3.8) is 0 Å². The molecular weight excluding hydrogens is 664 g/mol. The van der Waals surface area contributed by atoms with E-state index in [1.165, 1.54) is 31.4 Å². The normalized spacial score (nSPS) is 16.1. The van der Waals surface area contributed by atoms with Crippen LogP contribution in [0.5, 0.6) is 5.75 Å². The molecule has 7 nitrogen and oxygen atoms in total. The lowest BCUT2D eigenvalue weighted by Crippen LogP contribution is -2.48. The van der Waals surface area contributed by atoms with E-state index in [4.69, 9.17) is 4.74 Å². The highest BCUT2D eigenvalue weighted by Crippen LogP contribution is 2.46. The molecular formula is C37H33F6N3O4. The number of hydrogen-bond donors (Lipinski definition) is 2. The number of halogens is 6. The van der Waals surface area contributed by atoms with Crippen LogP contribution in [0.1, 0.15) is 62.1 Å². The number of alkyl halides is 6. The highest BCUT2D eigenvalue weighted by Gasteiger charge is 2.46. The number of carbonyl (C=O) groups excluding carboxylic acids is 3. The van der Waals surface area contributed by atoms with Gasteiger partial charge >= 0.3 is 12.4 Å². The highest BCUT2D eigenvalue weighted by molar-refractivity contribution is 6.01. The Morgan fingerprint density at radius 3 is 2.08 bits per heavy atom. The molecule has 4 aromatic rings. The van der Waals surface area contributed by atoms with Crippen molar-refractivity contribution in [1.82, 2.24) is 15.5 Å². The van der Waals surface area contributed by atoms with E-state index in [9.17, 15) is 40.7 Å². The molecule has 50 heavy (non-hydrogen) atoms. The molecule has 262 valence electrons. The van der Waals surface area contributed by atoms with Crippen LogP contribution >= 0.6 is 0 Å². The van der Waals surface area contributed by atoms with E-state index in [2.05, 4.69) is 10.6 Å². The van der Waals surface area contributed by atoms with Crippen LogP contribution in [0.25, 0.3) is 0 Å². The maximum Gasteiger partial charge on any atom is 0.416 e. The largest absolute Gasteiger partial charge is 0.497 e. The summed E-state index contributed by atoms with van der Waals surface area (Å²) in [6.07, 6.45) is -10.3. The molecule has 1 aliphatic rings. The van der Waals surface area contributed by atoms with Gasteiger partial charge in [-0.05, 0) is 65.1 Å². The highest BCUT2D eigenvalue weighted by atomic mass is 19.4. The van der Waals surface area contributed by atoms with Crippen molar-refractivity contribution in [2.75, 3.05) is 20.2 Å². The molecule has 4 aromatic carbocycles. The second-order valence-electron chi connectivity index (χ2n) is 11.8. The van der Waals surface area contributed by atoms with E-state index in [1.807, 2.05) is 6.07 Å². The quantitative estimate of drug-likeness (QED) is 0.164. The van der Waals surface area contributed by atoms with E-state index in [1.54, 1.807) is 48.5 Å². The average molecular weight is 698 g/mol. The van der Waals surface area contributed by atoms with Crippen LogP contribution in [-0.2, 0) is 34.9 Å². The van der Waals surface area contributed by atoms with Gasteiger partial charge in [0.1, 0.15) is 5.75 Å². The molecule has 1 heterocycles. The number of fused-ring (bicyclic) bond motifs is 1. The minimum atomic E-state index is -5.18. The summed E-state index contributed by atoms with van der Waals surface area (Å²) in [5, 5.41) is 5.47. The van der Waals surface area contributed by atoms with Gasteiger partial charge in [0.15, 0.2) is 0 Å². The molecule has 0 saturated heterocycles. The molecule has 0 bridgehead atoms. The SMILES string of the molecule is COc1cccc(CCNC(=O)CCN2C(=O)c3ccccc3C(C(=O)NCc3ccccc3)C2c2cc(C(F)(F)F)cc(C(F)(F)F)c2)c1. The van der Waals surface area contributed by atoms with Gasteiger partial charge in [-0.1, -0.05) is 60.7 Å². The van der Waals surface area contributed by atoms with E-state index in [-0.39, 0.29) is 36.7 Å². The van der Waals surface area contributed by atoms with Gasteiger partial charge in [0, 0.05) is 31.6 Å². The lowest BCUT2D eigenvalue weighted by molar-refractivity contribution is -0.143. The van der Waals surface area contributed by atoms with E-state index >= 15 is 0 Å². The number of rotatable bonds is 11. The second-order valence-corrected chi connectivity index (χ2v) is 11.8. The summed E-state index contributed by atoms with van der Waals surface area (Å²) in [6.45, 7) is -0.187. The lowest BCUT2D eigenvalue weighted by atomic mass is 9.78. The molecule has 2 atom stereocenters. The first-order chi connectivity index (χ1) is 23.8. The molecule has 0 spiro atoms. The molecule has 2 N–H and O–H groups in total. The zero-order valence-corrected chi connectivity index (χ0v) is 26.8. The Labute approximate surface area is 284 Å². The summed E-state index contributed by atoms with van der Waals surface area (Å²) in [4.78, 5) is 42.0. The molecule has 5 rings (SSSR count). The Hall–Kier alpha value is -5.33. The fourth-order valence-electron chi connectivity index (χ4n) is 6.02. The second kappa shape index (κ2) is 15.1. The Morgan fingerprint density at radius 1 is 0.780 bits per heavy atom. The lowest BCUT2D eigenvalue weighted by Gasteiger charge is -2.42. The minimum Gasteiger partial charge on any atom is -0.497 e. The van der Waals surface area contributed by atoms with Gasteiger partial charge in [0.05, 0.1) is 30.2 Å². The van der Waals surface area contributed by atoms with Crippen LogP contribution in [0.4, 0.5) is 26.3 Å². The summed E-state index contributed by atoms with van der Waals surface area (Å²) in [6, 6.07) is 21.3. The van der Waals surface area contributed by atoms with Crippen LogP contribution in [0, 0.1) is 0 Å². The summed E-state index contributed by atoms with van der Waals surface area (Å²) in [5.74, 6) is -2.77. The van der Waals surface area contributed by atoms with E-state index in [0.29, 0.717) is 29.9 Å². The van der Waals surface area contributed by atoms with Crippen molar-refractivity contribution in [1.29, 1.82) is 0 Å². The summed E-state index contributed by atoms with van der Waals surface area (Å²) >= 11 is 0. The number of ether oxygens (including phenoxy) is 1. The van der Waals surface area contributed by atoms with Gasteiger partial charge < -0.3 is 20.3 Å². The van der Waals surface area contributed by atoms with Gasteiger partial charge in [0.25, 0.3) is 5.91 Å². The maximum atomic E-state index is 14.0. The Morgan fingerprint density at radius 2 is 1.42 bits per heavy atom. The molecule has 1 aliphatic heterocycles. The Kier molecular flexibility index (Phi) is 10.8. The van der Waals surface area contributed by atoms with Gasteiger partial charge in [0.2, 0.25) is 11.8 Å². The summed E-state index contributed by atoms with van der Waals surface area (Å²) in [7, 11) is 1.52. The van der Waals surface area contributed by atoms with E-state index < -0.39 is 65.3 Å². The van der Waals surface area contributed by atoms with Gasteiger partial charge in [-0.2, -0.15) is 26.3 Å². The average Bonchev–Trinajstić information content (AvgIpc) is 3.09. The number of nitrogens with one attached hydrogen (secondary N) is 2. The first-order valence-electron chi connectivity index (χ1n) is 15.7. The maximum absolute atomic E-state index is 14.0. The van der Waals surface area contributed by atoms with Crippen molar-refractivity contribution >= 4 is 17.7 Å². The predicted molar refractivity (Wildman–Crippen MR) is 172 cm³/mol. The number of amides is 3.